The molecule has 0 radical (unpaired) electrons. The van der Waals surface area contributed by atoms with Crippen molar-refractivity contribution < 1.29 is 17.7 Å². The van der Waals surface area contributed by atoms with Crippen LogP contribution in [0.2, 0.25) is 0 Å². The molecule has 0 spiro atoms. The Labute approximate surface area is 154 Å². The predicted octanol–water partition coefficient (Wildman–Crippen LogP) is 2.04. The fraction of sp³-hybridized carbons (Fsp3) is 0.778. The molecule has 0 aromatic carbocycles. The van der Waals surface area contributed by atoms with Gasteiger partial charge in [-0.25, -0.2) is 13.1 Å². The number of aromatic nitrogens is 1. The van der Waals surface area contributed by atoms with Crippen LogP contribution in [0.15, 0.2) is 9.42 Å². The molecule has 4 bridgehead atoms. The van der Waals surface area contributed by atoms with Gasteiger partial charge in [0.05, 0.1) is 0 Å². The molecule has 8 heteroatoms. The van der Waals surface area contributed by atoms with Crippen molar-refractivity contribution in [3.63, 3.8) is 0 Å². The third-order valence-corrected chi connectivity index (χ3v) is 8.03. The summed E-state index contributed by atoms with van der Waals surface area (Å²) in [4.78, 5) is 12.5. The molecule has 1 aromatic rings. The summed E-state index contributed by atoms with van der Waals surface area (Å²) in [5.74, 6) is 2.49. The van der Waals surface area contributed by atoms with E-state index in [2.05, 4.69) is 15.2 Å². The summed E-state index contributed by atoms with van der Waals surface area (Å²) >= 11 is 0. The van der Waals surface area contributed by atoms with Gasteiger partial charge in [-0.15, -0.1) is 0 Å². The monoisotopic (exact) mass is 381 g/mol. The van der Waals surface area contributed by atoms with E-state index in [0.29, 0.717) is 5.69 Å². The number of hydrogen-bond donors (Lipinski definition) is 2. The van der Waals surface area contributed by atoms with E-state index in [9.17, 15) is 13.2 Å². The normalized spacial score (nSPS) is 32.8. The number of rotatable bonds is 6. The molecule has 4 aliphatic rings. The fourth-order valence-electron chi connectivity index (χ4n) is 5.85. The maximum absolute atomic E-state index is 12.5. The molecule has 26 heavy (non-hydrogen) atoms. The van der Waals surface area contributed by atoms with Gasteiger partial charge >= 0.3 is 0 Å². The molecule has 0 unspecified atom stereocenters. The molecule has 4 aliphatic carbocycles. The number of sulfonamides is 1. The number of amides is 1. The first-order chi connectivity index (χ1) is 12.3. The zero-order valence-corrected chi connectivity index (χ0v) is 16.2. The molecule has 1 amide bonds. The van der Waals surface area contributed by atoms with Gasteiger partial charge in [-0.1, -0.05) is 5.16 Å². The second kappa shape index (κ2) is 6.34. The van der Waals surface area contributed by atoms with E-state index in [-0.39, 0.29) is 35.1 Å². The number of carbonyl (C=O) groups is 1. The van der Waals surface area contributed by atoms with Crippen molar-refractivity contribution in [1.82, 2.24) is 15.2 Å². The van der Waals surface area contributed by atoms with Gasteiger partial charge < -0.3 is 9.84 Å². The molecule has 144 valence electrons. The van der Waals surface area contributed by atoms with Gasteiger partial charge in [0.25, 0.3) is 0 Å². The Bertz CT molecular complexity index is 760. The lowest BCUT2D eigenvalue weighted by atomic mass is 9.53. The molecule has 5 rings (SSSR count). The van der Waals surface area contributed by atoms with Crippen molar-refractivity contribution in [2.45, 2.75) is 69.2 Å². The average molecular weight is 381 g/mol. The van der Waals surface area contributed by atoms with Crippen molar-refractivity contribution in [2.75, 3.05) is 6.54 Å². The Morgan fingerprint density at radius 3 is 2.23 bits per heavy atom. The number of nitrogens with zero attached hydrogens (tertiary/aromatic N) is 1. The SMILES string of the molecule is Cc1noc(C)c1S(=O)(=O)NCCC(=O)NC12CC3CC(CC(C3)C1)C2. The topological polar surface area (TPSA) is 101 Å². The Hall–Kier alpha value is -1.41. The number of hydrogen-bond acceptors (Lipinski definition) is 5. The highest BCUT2D eigenvalue weighted by Gasteiger charge is 2.51. The standard InChI is InChI=1S/C18H27N3O4S/c1-11-17(12(2)25-21-11)26(23,24)19-4-3-16(22)20-18-8-13-5-14(9-18)7-15(6-13)10-18/h13-15,19H,3-10H2,1-2H3,(H,20,22). The highest BCUT2D eigenvalue weighted by atomic mass is 32.2. The fourth-order valence-corrected chi connectivity index (χ4v) is 7.21. The van der Waals surface area contributed by atoms with E-state index in [1.54, 1.807) is 13.8 Å². The maximum Gasteiger partial charge on any atom is 0.245 e. The lowest BCUT2D eigenvalue weighted by Gasteiger charge is -2.56. The van der Waals surface area contributed by atoms with Crippen LogP contribution in [0.5, 0.6) is 0 Å². The zero-order chi connectivity index (χ0) is 18.5. The van der Waals surface area contributed by atoms with Crippen LogP contribution in [0.25, 0.3) is 0 Å². The Morgan fingerprint density at radius 2 is 1.73 bits per heavy atom. The zero-order valence-electron chi connectivity index (χ0n) is 15.4. The van der Waals surface area contributed by atoms with Crippen LogP contribution in [0, 0.1) is 31.6 Å². The van der Waals surface area contributed by atoms with Crippen molar-refractivity contribution in [3.8, 4) is 0 Å². The smallest absolute Gasteiger partial charge is 0.245 e. The maximum atomic E-state index is 12.5. The Kier molecular flexibility index (Phi) is 4.38. The van der Waals surface area contributed by atoms with E-state index in [4.69, 9.17) is 4.52 Å². The van der Waals surface area contributed by atoms with E-state index in [1.165, 1.54) is 19.3 Å². The lowest BCUT2D eigenvalue weighted by molar-refractivity contribution is -0.126. The summed E-state index contributed by atoms with van der Waals surface area (Å²) in [6.07, 6.45) is 7.40. The van der Waals surface area contributed by atoms with Gasteiger partial charge in [0.1, 0.15) is 10.6 Å². The number of nitrogens with one attached hydrogen (secondary N) is 2. The van der Waals surface area contributed by atoms with Crippen molar-refractivity contribution in [2.24, 2.45) is 17.8 Å². The van der Waals surface area contributed by atoms with Crippen LogP contribution < -0.4 is 10.0 Å². The summed E-state index contributed by atoms with van der Waals surface area (Å²) in [6.45, 7) is 3.23. The average Bonchev–Trinajstić information content (AvgIpc) is 2.84. The molecule has 4 saturated carbocycles. The van der Waals surface area contributed by atoms with E-state index in [1.807, 2.05) is 0 Å². The molecule has 0 aliphatic heterocycles. The van der Waals surface area contributed by atoms with Crippen LogP contribution in [0.4, 0.5) is 0 Å². The van der Waals surface area contributed by atoms with Crippen LogP contribution in [-0.2, 0) is 14.8 Å². The van der Waals surface area contributed by atoms with E-state index < -0.39 is 10.0 Å². The van der Waals surface area contributed by atoms with E-state index in [0.717, 1.165) is 37.0 Å². The molecule has 1 heterocycles. The summed E-state index contributed by atoms with van der Waals surface area (Å²) in [5.41, 5.74) is 0.292. The molecular formula is C18H27N3O4S. The Morgan fingerprint density at radius 1 is 1.15 bits per heavy atom. The van der Waals surface area contributed by atoms with Gasteiger partial charge in [-0.3, -0.25) is 4.79 Å². The molecule has 4 fully saturated rings. The minimum Gasteiger partial charge on any atom is -0.360 e. The molecule has 7 nitrogen and oxygen atoms in total. The Balaban J connectivity index is 1.32. The molecule has 1 aromatic heterocycles. The lowest BCUT2D eigenvalue weighted by Crippen LogP contribution is -2.60. The molecular weight excluding hydrogens is 354 g/mol. The number of carbonyl (C=O) groups excluding carboxylic acids is 1. The van der Waals surface area contributed by atoms with Gasteiger partial charge in [0, 0.05) is 18.5 Å². The first kappa shape index (κ1) is 18.0. The highest BCUT2D eigenvalue weighted by Crippen LogP contribution is 2.55. The van der Waals surface area contributed by atoms with Crippen molar-refractivity contribution in [1.29, 1.82) is 0 Å². The summed E-state index contributed by atoms with van der Waals surface area (Å²) in [7, 11) is -3.71. The third-order valence-electron chi connectivity index (χ3n) is 6.32. The molecule has 0 saturated heterocycles. The molecule has 0 atom stereocenters. The van der Waals surface area contributed by atoms with Crippen LogP contribution in [0.1, 0.15) is 56.4 Å². The van der Waals surface area contributed by atoms with Gasteiger partial charge in [-0.2, -0.15) is 0 Å². The summed E-state index contributed by atoms with van der Waals surface area (Å²) in [6, 6.07) is 0. The first-order valence-electron chi connectivity index (χ1n) is 9.50. The highest BCUT2D eigenvalue weighted by molar-refractivity contribution is 7.89. The van der Waals surface area contributed by atoms with E-state index >= 15 is 0 Å². The minimum atomic E-state index is -3.71. The quantitative estimate of drug-likeness (QED) is 0.785. The summed E-state index contributed by atoms with van der Waals surface area (Å²) in [5, 5.41) is 6.94. The summed E-state index contributed by atoms with van der Waals surface area (Å²) < 4.78 is 32.2. The third kappa shape index (κ3) is 3.29. The van der Waals surface area contributed by atoms with Crippen LogP contribution in [0.3, 0.4) is 0 Å². The predicted molar refractivity (Wildman–Crippen MR) is 94.8 cm³/mol. The number of aryl methyl sites for hydroxylation is 2. The second-order valence-electron chi connectivity index (χ2n) is 8.55. The van der Waals surface area contributed by atoms with Crippen LogP contribution in [-0.4, -0.2) is 31.6 Å². The van der Waals surface area contributed by atoms with Crippen LogP contribution >= 0.6 is 0 Å². The first-order valence-corrected chi connectivity index (χ1v) is 11.0. The van der Waals surface area contributed by atoms with Gasteiger partial charge in [0.2, 0.25) is 15.9 Å². The van der Waals surface area contributed by atoms with Crippen molar-refractivity contribution in [3.05, 3.63) is 11.5 Å². The minimum absolute atomic E-state index is 0.0354. The second-order valence-corrected chi connectivity index (χ2v) is 10.3. The van der Waals surface area contributed by atoms with Crippen molar-refractivity contribution >= 4 is 15.9 Å². The van der Waals surface area contributed by atoms with Gasteiger partial charge in [0.15, 0.2) is 5.76 Å². The van der Waals surface area contributed by atoms with Gasteiger partial charge in [-0.05, 0) is 70.1 Å². The largest absolute Gasteiger partial charge is 0.360 e. The molecule has 2 N–H and O–H groups in total.